The standard InChI is InChI=1S/C10H15N3O6S2/c1-7(6-20(2,16)17)12-21(18,19)10-4-3-8(13(14)15)5-9(10)11/h3-5,7,12H,6,11H2,1-2H3. The zero-order valence-electron chi connectivity index (χ0n) is 11.3. The fourth-order valence-electron chi connectivity index (χ4n) is 1.71. The van der Waals surface area contributed by atoms with Gasteiger partial charge in [0.2, 0.25) is 10.0 Å². The maximum absolute atomic E-state index is 12.1. The molecule has 0 spiro atoms. The third-order valence-corrected chi connectivity index (χ3v) is 5.17. The van der Waals surface area contributed by atoms with Gasteiger partial charge in [-0.25, -0.2) is 21.6 Å². The summed E-state index contributed by atoms with van der Waals surface area (Å²) in [6.07, 6.45) is 0.984. The topological polar surface area (TPSA) is 149 Å². The number of benzene rings is 1. The summed E-state index contributed by atoms with van der Waals surface area (Å²) in [5.41, 5.74) is 4.88. The number of rotatable bonds is 6. The summed E-state index contributed by atoms with van der Waals surface area (Å²) >= 11 is 0. The molecule has 0 aliphatic rings. The number of hydrogen-bond donors (Lipinski definition) is 2. The van der Waals surface area contributed by atoms with Crippen LogP contribution in [-0.2, 0) is 19.9 Å². The van der Waals surface area contributed by atoms with Gasteiger partial charge in [-0.05, 0) is 13.0 Å². The molecule has 3 N–H and O–H groups in total. The van der Waals surface area contributed by atoms with Gasteiger partial charge >= 0.3 is 0 Å². The molecule has 1 atom stereocenters. The van der Waals surface area contributed by atoms with Gasteiger partial charge in [0.15, 0.2) is 0 Å². The molecule has 0 heterocycles. The van der Waals surface area contributed by atoms with Crippen molar-refractivity contribution < 1.29 is 21.8 Å². The van der Waals surface area contributed by atoms with Gasteiger partial charge < -0.3 is 5.73 Å². The number of nitro benzene ring substituents is 1. The molecule has 0 saturated heterocycles. The van der Waals surface area contributed by atoms with E-state index in [9.17, 15) is 26.9 Å². The lowest BCUT2D eigenvalue weighted by Crippen LogP contribution is -2.37. The maximum Gasteiger partial charge on any atom is 0.271 e. The highest BCUT2D eigenvalue weighted by Crippen LogP contribution is 2.23. The quantitative estimate of drug-likeness (QED) is 0.417. The molecule has 0 saturated carbocycles. The van der Waals surface area contributed by atoms with E-state index in [0.717, 1.165) is 24.5 Å². The Kier molecular flexibility index (Phi) is 4.91. The fraction of sp³-hybridized carbons (Fsp3) is 0.400. The Morgan fingerprint density at radius 2 is 1.90 bits per heavy atom. The first-order valence-corrected chi connectivity index (χ1v) is 9.21. The van der Waals surface area contributed by atoms with E-state index in [2.05, 4.69) is 4.72 Å². The number of nitro groups is 1. The zero-order chi connectivity index (χ0) is 16.4. The van der Waals surface area contributed by atoms with E-state index < -0.39 is 30.8 Å². The van der Waals surface area contributed by atoms with Crippen molar-refractivity contribution in [3.05, 3.63) is 28.3 Å². The van der Waals surface area contributed by atoms with Crippen LogP contribution in [0.5, 0.6) is 0 Å². The minimum atomic E-state index is -4.07. The smallest absolute Gasteiger partial charge is 0.271 e. The molecule has 11 heteroatoms. The first-order chi connectivity index (χ1) is 9.42. The van der Waals surface area contributed by atoms with Crippen LogP contribution in [0.1, 0.15) is 6.92 Å². The molecule has 0 aromatic heterocycles. The number of nitrogen functional groups attached to an aromatic ring is 1. The summed E-state index contributed by atoms with van der Waals surface area (Å²) in [6, 6.07) is 2.07. The number of hydrogen-bond acceptors (Lipinski definition) is 7. The van der Waals surface area contributed by atoms with Gasteiger partial charge in [-0.3, -0.25) is 10.1 Å². The number of anilines is 1. The summed E-state index contributed by atoms with van der Waals surface area (Å²) in [6.45, 7) is 1.39. The van der Waals surface area contributed by atoms with Gasteiger partial charge in [-0.2, -0.15) is 0 Å². The van der Waals surface area contributed by atoms with Crippen molar-refractivity contribution in [2.75, 3.05) is 17.7 Å². The highest BCUT2D eigenvalue weighted by molar-refractivity contribution is 7.91. The van der Waals surface area contributed by atoms with Crippen LogP contribution in [0.4, 0.5) is 11.4 Å². The first-order valence-electron chi connectivity index (χ1n) is 5.66. The Labute approximate surface area is 122 Å². The van der Waals surface area contributed by atoms with Crippen molar-refractivity contribution in [2.45, 2.75) is 17.9 Å². The summed E-state index contributed by atoms with van der Waals surface area (Å²) < 4.78 is 48.5. The van der Waals surface area contributed by atoms with Crippen LogP contribution in [0.15, 0.2) is 23.1 Å². The Balaban J connectivity index is 3.06. The number of sulfonamides is 1. The molecule has 9 nitrogen and oxygen atoms in total. The van der Waals surface area contributed by atoms with E-state index in [1.807, 2.05) is 0 Å². The van der Waals surface area contributed by atoms with Crippen LogP contribution >= 0.6 is 0 Å². The molecule has 0 aliphatic heterocycles. The van der Waals surface area contributed by atoms with E-state index in [1.165, 1.54) is 6.92 Å². The Bertz CT molecular complexity index is 757. The fourth-order valence-corrected chi connectivity index (χ4v) is 4.16. The lowest BCUT2D eigenvalue weighted by atomic mass is 10.3. The number of non-ortho nitro benzene ring substituents is 1. The Morgan fingerprint density at radius 3 is 2.33 bits per heavy atom. The van der Waals surface area contributed by atoms with Gasteiger partial charge in [-0.1, -0.05) is 0 Å². The summed E-state index contributed by atoms with van der Waals surface area (Å²) in [5, 5.41) is 10.6. The molecule has 0 radical (unpaired) electrons. The highest BCUT2D eigenvalue weighted by atomic mass is 32.2. The predicted octanol–water partition coefficient (Wildman–Crippen LogP) is -0.112. The average Bonchev–Trinajstić information content (AvgIpc) is 2.24. The van der Waals surface area contributed by atoms with Crippen LogP contribution in [0, 0.1) is 10.1 Å². The number of sulfone groups is 1. The number of nitrogens with one attached hydrogen (secondary N) is 1. The predicted molar refractivity (Wildman–Crippen MR) is 77.0 cm³/mol. The van der Waals surface area contributed by atoms with E-state index >= 15 is 0 Å². The summed E-state index contributed by atoms with van der Waals surface area (Å²) in [7, 11) is -7.42. The van der Waals surface area contributed by atoms with E-state index in [0.29, 0.717) is 0 Å². The lowest BCUT2D eigenvalue weighted by Gasteiger charge is -2.14. The summed E-state index contributed by atoms with van der Waals surface area (Å²) in [5.74, 6) is -0.376. The second-order valence-electron chi connectivity index (χ2n) is 4.59. The molecule has 0 aliphatic carbocycles. The molecule has 21 heavy (non-hydrogen) atoms. The first kappa shape index (κ1) is 17.3. The molecule has 118 valence electrons. The molecule has 1 unspecified atom stereocenters. The minimum Gasteiger partial charge on any atom is -0.397 e. The van der Waals surface area contributed by atoms with Crippen molar-refractivity contribution in [2.24, 2.45) is 0 Å². The normalized spacial score (nSPS) is 13.8. The molecular weight excluding hydrogens is 322 g/mol. The SMILES string of the molecule is CC(CS(C)(=O)=O)NS(=O)(=O)c1ccc([N+](=O)[O-])cc1N. The second-order valence-corrected chi connectivity index (χ2v) is 8.46. The molecule has 0 amide bonds. The molecule has 0 fully saturated rings. The van der Waals surface area contributed by atoms with Crippen molar-refractivity contribution in [3.63, 3.8) is 0 Å². The zero-order valence-corrected chi connectivity index (χ0v) is 12.9. The van der Waals surface area contributed by atoms with Gasteiger partial charge in [0.05, 0.1) is 16.4 Å². The largest absolute Gasteiger partial charge is 0.397 e. The molecule has 1 aromatic carbocycles. The highest BCUT2D eigenvalue weighted by Gasteiger charge is 2.23. The minimum absolute atomic E-state index is 0.289. The van der Waals surface area contributed by atoms with Gasteiger partial charge in [0, 0.05) is 24.4 Å². The van der Waals surface area contributed by atoms with Crippen LogP contribution < -0.4 is 10.5 Å². The maximum atomic E-state index is 12.1. The van der Waals surface area contributed by atoms with Crippen molar-refractivity contribution in [1.29, 1.82) is 0 Å². The van der Waals surface area contributed by atoms with E-state index in [4.69, 9.17) is 5.73 Å². The van der Waals surface area contributed by atoms with Gasteiger partial charge in [0.25, 0.3) is 5.69 Å². The molecule has 0 bridgehead atoms. The summed E-state index contributed by atoms with van der Waals surface area (Å²) in [4.78, 5) is 9.53. The van der Waals surface area contributed by atoms with Crippen LogP contribution in [0.2, 0.25) is 0 Å². The van der Waals surface area contributed by atoms with Gasteiger partial charge in [0.1, 0.15) is 14.7 Å². The molecule has 1 aromatic rings. The third kappa shape index (κ3) is 4.95. The lowest BCUT2D eigenvalue weighted by molar-refractivity contribution is -0.384. The van der Waals surface area contributed by atoms with Crippen molar-refractivity contribution in [1.82, 2.24) is 4.72 Å². The third-order valence-electron chi connectivity index (χ3n) is 2.40. The van der Waals surface area contributed by atoms with E-state index in [-0.39, 0.29) is 22.0 Å². The molecule has 1 rings (SSSR count). The van der Waals surface area contributed by atoms with Gasteiger partial charge in [-0.15, -0.1) is 0 Å². The number of nitrogens with zero attached hydrogens (tertiary/aromatic N) is 1. The van der Waals surface area contributed by atoms with Crippen LogP contribution in [0.3, 0.4) is 0 Å². The Morgan fingerprint density at radius 1 is 1.33 bits per heavy atom. The van der Waals surface area contributed by atoms with Crippen LogP contribution in [0.25, 0.3) is 0 Å². The monoisotopic (exact) mass is 337 g/mol. The number of nitrogens with two attached hydrogens (primary N) is 1. The molecular formula is C10H15N3O6S2. The van der Waals surface area contributed by atoms with Crippen molar-refractivity contribution in [3.8, 4) is 0 Å². The van der Waals surface area contributed by atoms with Crippen LogP contribution in [-0.4, -0.2) is 39.8 Å². The van der Waals surface area contributed by atoms with E-state index in [1.54, 1.807) is 0 Å². The van der Waals surface area contributed by atoms with Crippen molar-refractivity contribution >= 4 is 31.2 Å². The average molecular weight is 337 g/mol. The second kappa shape index (κ2) is 5.95. The Hall–Kier alpha value is -1.72.